The average molecular weight is 298 g/mol. The predicted molar refractivity (Wildman–Crippen MR) is 84.4 cm³/mol. The molecule has 2 rings (SSSR count). The first-order valence-corrected chi connectivity index (χ1v) is 6.95. The van der Waals surface area contributed by atoms with E-state index in [1.807, 2.05) is 30.3 Å². The number of primary amides is 1. The molecule has 0 bridgehead atoms. The second-order valence-electron chi connectivity index (χ2n) is 4.72. The summed E-state index contributed by atoms with van der Waals surface area (Å²) >= 11 is 0. The molecular weight excluding hydrogens is 280 g/mol. The molecule has 0 atom stereocenters. The summed E-state index contributed by atoms with van der Waals surface area (Å²) in [6, 6.07) is 11.5. The van der Waals surface area contributed by atoms with Crippen LogP contribution in [0.15, 0.2) is 48.8 Å². The van der Waals surface area contributed by atoms with Gasteiger partial charge in [-0.25, -0.2) is 0 Å². The van der Waals surface area contributed by atoms with Gasteiger partial charge in [-0.15, -0.1) is 0 Å². The number of hydrogen-bond acceptors (Lipinski definition) is 4. The number of amides is 2. The highest BCUT2D eigenvalue weighted by molar-refractivity contribution is 5.98. The van der Waals surface area contributed by atoms with E-state index in [0.29, 0.717) is 12.2 Å². The molecule has 114 valence electrons. The summed E-state index contributed by atoms with van der Waals surface area (Å²) in [5.74, 6) is -0.733. The van der Waals surface area contributed by atoms with Crippen LogP contribution in [0.2, 0.25) is 0 Å². The monoisotopic (exact) mass is 298 g/mol. The van der Waals surface area contributed by atoms with Crippen molar-refractivity contribution < 1.29 is 9.59 Å². The lowest BCUT2D eigenvalue weighted by molar-refractivity contribution is -0.119. The first-order valence-electron chi connectivity index (χ1n) is 6.95. The number of nitrogens with two attached hydrogens (primary N) is 1. The van der Waals surface area contributed by atoms with Gasteiger partial charge in [-0.3, -0.25) is 14.6 Å². The van der Waals surface area contributed by atoms with Gasteiger partial charge in [-0.1, -0.05) is 30.3 Å². The summed E-state index contributed by atoms with van der Waals surface area (Å²) in [6.45, 7) is 0.628. The Morgan fingerprint density at radius 2 is 1.91 bits per heavy atom. The van der Waals surface area contributed by atoms with E-state index in [1.54, 1.807) is 6.07 Å². The van der Waals surface area contributed by atoms with Crippen LogP contribution in [-0.4, -0.2) is 29.9 Å². The van der Waals surface area contributed by atoms with Gasteiger partial charge in [-0.2, -0.15) is 0 Å². The number of nitrogens with one attached hydrogen (secondary N) is 2. The summed E-state index contributed by atoms with van der Waals surface area (Å²) < 4.78 is 0. The lowest BCUT2D eigenvalue weighted by Crippen LogP contribution is -2.31. The minimum Gasteiger partial charge on any atom is -0.375 e. The van der Waals surface area contributed by atoms with E-state index in [9.17, 15) is 9.59 Å². The van der Waals surface area contributed by atoms with Crippen LogP contribution >= 0.6 is 0 Å². The number of pyridine rings is 1. The molecule has 0 aliphatic rings. The van der Waals surface area contributed by atoms with Gasteiger partial charge < -0.3 is 16.4 Å². The largest absolute Gasteiger partial charge is 0.375 e. The number of rotatable bonds is 7. The van der Waals surface area contributed by atoms with Crippen molar-refractivity contribution in [1.29, 1.82) is 0 Å². The highest BCUT2D eigenvalue weighted by Gasteiger charge is 2.08. The Hall–Kier alpha value is -2.89. The lowest BCUT2D eigenvalue weighted by atomic mass is 10.1. The van der Waals surface area contributed by atoms with Gasteiger partial charge in [-0.05, 0) is 18.1 Å². The van der Waals surface area contributed by atoms with Crippen molar-refractivity contribution in [3.63, 3.8) is 0 Å². The fourth-order valence-electron chi connectivity index (χ4n) is 1.97. The molecule has 1 heterocycles. The van der Waals surface area contributed by atoms with E-state index in [-0.39, 0.29) is 18.0 Å². The third kappa shape index (κ3) is 4.59. The van der Waals surface area contributed by atoms with Crippen LogP contribution in [0.25, 0.3) is 0 Å². The highest BCUT2D eigenvalue weighted by Crippen LogP contribution is 2.11. The third-order valence-corrected chi connectivity index (χ3v) is 3.10. The normalized spacial score (nSPS) is 10.0. The van der Waals surface area contributed by atoms with Crippen molar-refractivity contribution in [2.45, 2.75) is 6.42 Å². The molecular formula is C16H18N4O2. The number of hydrogen-bond donors (Lipinski definition) is 3. The number of anilines is 1. The Kier molecular flexibility index (Phi) is 5.48. The second-order valence-corrected chi connectivity index (χ2v) is 4.72. The Labute approximate surface area is 128 Å². The number of nitrogens with zero attached hydrogens (tertiary/aromatic N) is 1. The first-order chi connectivity index (χ1) is 10.7. The molecule has 0 fully saturated rings. The Bertz CT molecular complexity index is 644. The Morgan fingerprint density at radius 1 is 1.14 bits per heavy atom. The lowest BCUT2D eigenvalue weighted by Gasteiger charge is -2.10. The number of carbonyl (C=O) groups is 2. The molecule has 0 saturated heterocycles. The van der Waals surface area contributed by atoms with E-state index in [1.165, 1.54) is 18.0 Å². The van der Waals surface area contributed by atoms with Gasteiger partial charge in [0.1, 0.15) is 0 Å². The van der Waals surface area contributed by atoms with E-state index in [2.05, 4.69) is 15.6 Å². The zero-order chi connectivity index (χ0) is 15.8. The summed E-state index contributed by atoms with van der Waals surface area (Å²) in [5, 5.41) is 5.71. The summed E-state index contributed by atoms with van der Waals surface area (Å²) in [5.41, 5.74) is 7.18. The minimum absolute atomic E-state index is 0.0685. The van der Waals surface area contributed by atoms with Crippen molar-refractivity contribution >= 4 is 17.5 Å². The maximum atomic E-state index is 11.8. The smallest absolute Gasteiger partial charge is 0.252 e. The van der Waals surface area contributed by atoms with Gasteiger partial charge in [0.25, 0.3) is 5.91 Å². The molecule has 4 N–H and O–H groups in total. The van der Waals surface area contributed by atoms with Crippen LogP contribution in [0.5, 0.6) is 0 Å². The minimum atomic E-state index is -0.583. The average Bonchev–Trinajstić information content (AvgIpc) is 2.54. The van der Waals surface area contributed by atoms with E-state index >= 15 is 0 Å². The standard InChI is InChI=1S/C16H18N4O2/c17-16(22)13-10-18-8-7-14(13)20-11-15(21)19-9-6-12-4-2-1-3-5-12/h1-5,7-8,10H,6,9,11H2,(H2,17,22)(H,18,20)(H,19,21). The van der Waals surface area contributed by atoms with E-state index in [4.69, 9.17) is 5.73 Å². The van der Waals surface area contributed by atoms with Crippen LogP contribution < -0.4 is 16.4 Å². The van der Waals surface area contributed by atoms with Gasteiger partial charge in [0.2, 0.25) is 5.91 Å². The third-order valence-electron chi connectivity index (χ3n) is 3.10. The molecule has 0 radical (unpaired) electrons. The molecule has 2 aromatic rings. The molecule has 6 nitrogen and oxygen atoms in total. The van der Waals surface area contributed by atoms with Crippen molar-refractivity contribution in [2.75, 3.05) is 18.4 Å². The van der Waals surface area contributed by atoms with Gasteiger partial charge in [0, 0.05) is 18.9 Å². The van der Waals surface area contributed by atoms with E-state index < -0.39 is 5.91 Å². The summed E-state index contributed by atoms with van der Waals surface area (Å²) in [4.78, 5) is 26.9. The maximum Gasteiger partial charge on any atom is 0.252 e. The molecule has 1 aromatic heterocycles. The fraction of sp³-hybridized carbons (Fsp3) is 0.188. The first kappa shape index (κ1) is 15.5. The molecule has 22 heavy (non-hydrogen) atoms. The number of benzene rings is 1. The SMILES string of the molecule is NC(=O)c1cnccc1NCC(=O)NCCc1ccccc1. The van der Waals surface area contributed by atoms with Crippen LogP contribution in [-0.2, 0) is 11.2 Å². The molecule has 1 aromatic carbocycles. The quantitative estimate of drug-likeness (QED) is 0.709. The molecule has 0 aliphatic heterocycles. The molecule has 0 aliphatic carbocycles. The molecule has 0 unspecified atom stereocenters. The predicted octanol–water partition coefficient (Wildman–Crippen LogP) is 0.951. The maximum absolute atomic E-state index is 11.8. The fourth-order valence-corrected chi connectivity index (χ4v) is 1.97. The van der Waals surface area contributed by atoms with Gasteiger partial charge in [0.15, 0.2) is 0 Å². The van der Waals surface area contributed by atoms with Crippen LogP contribution in [0.3, 0.4) is 0 Å². The molecule has 0 spiro atoms. The highest BCUT2D eigenvalue weighted by atomic mass is 16.2. The summed E-state index contributed by atoms with van der Waals surface area (Å²) in [6.07, 6.45) is 3.68. The van der Waals surface area contributed by atoms with Gasteiger partial charge >= 0.3 is 0 Å². The zero-order valence-electron chi connectivity index (χ0n) is 12.1. The van der Waals surface area contributed by atoms with Crippen LogP contribution in [0.4, 0.5) is 5.69 Å². The molecule has 2 amide bonds. The van der Waals surface area contributed by atoms with Crippen molar-refractivity contribution in [3.8, 4) is 0 Å². The zero-order valence-corrected chi connectivity index (χ0v) is 12.1. The second kappa shape index (κ2) is 7.78. The number of carbonyl (C=O) groups excluding carboxylic acids is 2. The summed E-state index contributed by atoms with van der Waals surface area (Å²) in [7, 11) is 0. The van der Waals surface area contributed by atoms with Crippen LogP contribution in [0, 0.1) is 0 Å². The van der Waals surface area contributed by atoms with Crippen molar-refractivity contribution in [3.05, 3.63) is 59.9 Å². The molecule has 0 saturated carbocycles. The Balaban J connectivity index is 1.77. The van der Waals surface area contributed by atoms with Crippen molar-refractivity contribution in [2.24, 2.45) is 5.73 Å². The Morgan fingerprint density at radius 3 is 2.64 bits per heavy atom. The number of aromatic nitrogens is 1. The van der Waals surface area contributed by atoms with Crippen molar-refractivity contribution in [1.82, 2.24) is 10.3 Å². The van der Waals surface area contributed by atoms with E-state index in [0.717, 1.165) is 6.42 Å². The van der Waals surface area contributed by atoms with Gasteiger partial charge in [0.05, 0.1) is 17.8 Å². The topological polar surface area (TPSA) is 97.1 Å². The van der Waals surface area contributed by atoms with Crippen LogP contribution in [0.1, 0.15) is 15.9 Å². The molecule has 6 heteroatoms.